The van der Waals surface area contributed by atoms with E-state index in [2.05, 4.69) is 6.07 Å². The number of carbonyl (C=O) groups excluding carboxylic acids is 1. The Bertz CT molecular complexity index is 254. The molecule has 0 saturated carbocycles. The molecule has 16 heavy (non-hydrogen) atoms. The van der Waals surface area contributed by atoms with Crippen LogP contribution in [0.5, 0.6) is 0 Å². The molecule has 0 aromatic carbocycles. The molecule has 0 rings (SSSR count). The second-order valence-corrected chi connectivity index (χ2v) is 3.86. The van der Waals surface area contributed by atoms with Crippen LogP contribution in [0.15, 0.2) is 0 Å². The quantitative estimate of drug-likeness (QED) is 0.716. The highest BCUT2D eigenvalue weighted by Gasteiger charge is 2.37. The average molecular weight is 226 g/mol. The molecule has 4 heteroatoms. The summed E-state index contributed by atoms with van der Waals surface area (Å²) >= 11 is 0. The van der Waals surface area contributed by atoms with Gasteiger partial charge in [0.25, 0.3) is 0 Å². The van der Waals surface area contributed by atoms with Crippen LogP contribution in [0.2, 0.25) is 0 Å². The van der Waals surface area contributed by atoms with Gasteiger partial charge in [0.2, 0.25) is 5.91 Å². The van der Waals surface area contributed by atoms with Crippen molar-refractivity contribution in [1.82, 2.24) is 4.90 Å². The summed E-state index contributed by atoms with van der Waals surface area (Å²) in [6.45, 7) is 6.80. The summed E-state index contributed by atoms with van der Waals surface area (Å²) in [4.78, 5) is 13.9. The normalized spacial score (nSPS) is 10.9. The Morgan fingerprint density at radius 3 is 2.25 bits per heavy atom. The van der Waals surface area contributed by atoms with Crippen LogP contribution in [0.3, 0.4) is 0 Å². The highest BCUT2D eigenvalue weighted by Crippen LogP contribution is 2.28. The molecule has 0 saturated heterocycles. The zero-order valence-electron chi connectivity index (χ0n) is 10.5. The number of rotatable bonds is 7. The molecule has 0 heterocycles. The molecule has 0 aliphatic carbocycles. The van der Waals surface area contributed by atoms with Gasteiger partial charge < -0.3 is 10.0 Å². The number of aliphatic hydroxyl groups excluding tert-OH is 1. The molecule has 0 fully saturated rings. The van der Waals surface area contributed by atoms with E-state index < -0.39 is 5.41 Å². The van der Waals surface area contributed by atoms with Crippen LogP contribution in [0.1, 0.15) is 40.0 Å². The standard InChI is InChI=1S/C12H22N2O2/c1-4-12(5-2,10-13)11(16)14(6-3)8-7-9-15/h15H,4-9H2,1-3H3. The number of amides is 1. The highest BCUT2D eigenvalue weighted by molar-refractivity contribution is 5.85. The van der Waals surface area contributed by atoms with Gasteiger partial charge in [-0.3, -0.25) is 4.79 Å². The van der Waals surface area contributed by atoms with E-state index in [1.807, 2.05) is 20.8 Å². The minimum absolute atomic E-state index is 0.0710. The van der Waals surface area contributed by atoms with Gasteiger partial charge in [0.15, 0.2) is 0 Å². The third-order valence-corrected chi connectivity index (χ3v) is 3.09. The molecule has 0 atom stereocenters. The predicted molar refractivity (Wildman–Crippen MR) is 62.6 cm³/mol. The van der Waals surface area contributed by atoms with E-state index in [0.717, 1.165) is 0 Å². The Morgan fingerprint density at radius 1 is 1.38 bits per heavy atom. The van der Waals surface area contributed by atoms with Gasteiger partial charge in [0.05, 0.1) is 6.07 Å². The Kier molecular flexibility index (Phi) is 6.75. The summed E-state index contributed by atoms with van der Waals surface area (Å²) in [6, 6.07) is 2.15. The zero-order valence-corrected chi connectivity index (χ0v) is 10.5. The summed E-state index contributed by atoms with van der Waals surface area (Å²) in [5, 5.41) is 17.9. The molecule has 1 N–H and O–H groups in total. The number of nitrogens with zero attached hydrogens (tertiary/aromatic N) is 2. The first-order valence-corrected chi connectivity index (χ1v) is 5.93. The van der Waals surface area contributed by atoms with Crippen LogP contribution in [0, 0.1) is 16.7 Å². The van der Waals surface area contributed by atoms with Crippen LogP contribution >= 0.6 is 0 Å². The van der Waals surface area contributed by atoms with Crippen molar-refractivity contribution in [1.29, 1.82) is 5.26 Å². The van der Waals surface area contributed by atoms with Crippen LogP contribution in [0.4, 0.5) is 0 Å². The lowest BCUT2D eigenvalue weighted by Crippen LogP contribution is -2.43. The average Bonchev–Trinajstić information content (AvgIpc) is 2.33. The van der Waals surface area contributed by atoms with E-state index >= 15 is 0 Å². The highest BCUT2D eigenvalue weighted by atomic mass is 16.3. The summed E-state index contributed by atoms with van der Waals surface area (Å²) in [6.07, 6.45) is 1.64. The largest absolute Gasteiger partial charge is 0.396 e. The Labute approximate surface area is 97.9 Å². The fourth-order valence-electron chi connectivity index (χ4n) is 1.73. The van der Waals surface area contributed by atoms with E-state index in [9.17, 15) is 4.79 Å². The van der Waals surface area contributed by atoms with Crippen LogP contribution in [-0.4, -0.2) is 35.6 Å². The first kappa shape index (κ1) is 14.9. The first-order valence-electron chi connectivity index (χ1n) is 5.93. The first-order chi connectivity index (χ1) is 7.61. The number of hydrogen-bond donors (Lipinski definition) is 1. The van der Waals surface area contributed by atoms with E-state index in [1.54, 1.807) is 4.90 Å². The SMILES string of the molecule is CCN(CCCO)C(=O)C(C#N)(CC)CC. The van der Waals surface area contributed by atoms with Gasteiger partial charge in [-0.1, -0.05) is 13.8 Å². The van der Waals surface area contributed by atoms with Crippen LogP contribution in [0.25, 0.3) is 0 Å². The third kappa shape index (κ3) is 3.21. The summed E-state index contributed by atoms with van der Waals surface area (Å²) in [5.41, 5.74) is -0.883. The Balaban J connectivity index is 4.77. The van der Waals surface area contributed by atoms with E-state index in [1.165, 1.54) is 0 Å². The summed E-state index contributed by atoms with van der Waals surface area (Å²) < 4.78 is 0. The fourth-order valence-corrected chi connectivity index (χ4v) is 1.73. The molecule has 1 amide bonds. The molecule has 0 spiro atoms. The second-order valence-electron chi connectivity index (χ2n) is 3.86. The molecule has 0 bridgehead atoms. The smallest absolute Gasteiger partial charge is 0.243 e. The van der Waals surface area contributed by atoms with Crippen molar-refractivity contribution in [2.45, 2.75) is 40.0 Å². The summed E-state index contributed by atoms with van der Waals surface area (Å²) in [5.74, 6) is -0.101. The van der Waals surface area contributed by atoms with Crippen molar-refractivity contribution in [2.24, 2.45) is 5.41 Å². The van der Waals surface area contributed by atoms with E-state index in [4.69, 9.17) is 10.4 Å². The van der Waals surface area contributed by atoms with E-state index in [0.29, 0.717) is 32.4 Å². The lowest BCUT2D eigenvalue weighted by molar-refractivity contribution is -0.139. The molecule has 0 aliphatic heterocycles. The van der Waals surface area contributed by atoms with Crippen molar-refractivity contribution in [3.8, 4) is 6.07 Å². The molecule has 92 valence electrons. The molecule has 0 aromatic heterocycles. The van der Waals surface area contributed by atoms with Crippen LogP contribution < -0.4 is 0 Å². The molecule has 0 radical (unpaired) electrons. The van der Waals surface area contributed by atoms with E-state index in [-0.39, 0.29) is 12.5 Å². The molecule has 0 aliphatic rings. The van der Waals surface area contributed by atoms with Crippen molar-refractivity contribution in [3.63, 3.8) is 0 Å². The number of nitriles is 1. The lowest BCUT2D eigenvalue weighted by atomic mass is 9.82. The fraction of sp³-hybridized carbons (Fsp3) is 0.833. The van der Waals surface area contributed by atoms with Crippen molar-refractivity contribution in [2.75, 3.05) is 19.7 Å². The van der Waals surface area contributed by atoms with Gasteiger partial charge in [0.1, 0.15) is 5.41 Å². The molecule has 0 aromatic rings. The topological polar surface area (TPSA) is 64.3 Å². The Hall–Kier alpha value is -1.08. The Morgan fingerprint density at radius 2 is 1.94 bits per heavy atom. The zero-order chi connectivity index (χ0) is 12.6. The van der Waals surface area contributed by atoms with Gasteiger partial charge in [-0.05, 0) is 26.2 Å². The van der Waals surface area contributed by atoms with Crippen LogP contribution in [-0.2, 0) is 4.79 Å². The van der Waals surface area contributed by atoms with Gasteiger partial charge in [-0.25, -0.2) is 0 Å². The van der Waals surface area contributed by atoms with Gasteiger partial charge in [-0.15, -0.1) is 0 Å². The maximum Gasteiger partial charge on any atom is 0.243 e. The number of aliphatic hydroxyl groups is 1. The number of hydrogen-bond acceptors (Lipinski definition) is 3. The molecular formula is C12H22N2O2. The maximum absolute atomic E-state index is 12.2. The van der Waals surface area contributed by atoms with Crippen molar-refractivity contribution in [3.05, 3.63) is 0 Å². The molecule has 0 unspecified atom stereocenters. The number of carbonyl (C=O) groups is 1. The molecule has 4 nitrogen and oxygen atoms in total. The van der Waals surface area contributed by atoms with Gasteiger partial charge in [0, 0.05) is 19.7 Å². The third-order valence-electron chi connectivity index (χ3n) is 3.09. The van der Waals surface area contributed by atoms with Gasteiger partial charge >= 0.3 is 0 Å². The monoisotopic (exact) mass is 226 g/mol. The van der Waals surface area contributed by atoms with Crippen molar-refractivity contribution >= 4 is 5.91 Å². The predicted octanol–water partition coefficient (Wildman–Crippen LogP) is 1.55. The maximum atomic E-state index is 12.2. The van der Waals surface area contributed by atoms with Gasteiger partial charge in [-0.2, -0.15) is 5.26 Å². The minimum atomic E-state index is -0.883. The molecular weight excluding hydrogens is 204 g/mol. The lowest BCUT2D eigenvalue weighted by Gasteiger charge is -2.30. The minimum Gasteiger partial charge on any atom is -0.396 e. The van der Waals surface area contributed by atoms with Crippen molar-refractivity contribution < 1.29 is 9.90 Å². The second kappa shape index (κ2) is 7.24. The summed E-state index contributed by atoms with van der Waals surface area (Å²) in [7, 11) is 0.